The van der Waals surface area contributed by atoms with Gasteiger partial charge in [-0.15, -0.1) is 0 Å². The quantitative estimate of drug-likeness (QED) is 0.698. The molecule has 0 saturated carbocycles. The van der Waals surface area contributed by atoms with Gasteiger partial charge in [-0.25, -0.2) is 0 Å². The van der Waals surface area contributed by atoms with E-state index in [1.165, 1.54) is 5.56 Å². The minimum absolute atomic E-state index is 0.670. The molecule has 0 N–H and O–H groups in total. The third-order valence-corrected chi connectivity index (χ3v) is 1.77. The van der Waals surface area contributed by atoms with E-state index >= 15 is 0 Å². The van der Waals surface area contributed by atoms with Crippen LogP contribution in [0.5, 0.6) is 0 Å². The van der Waals surface area contributed by atoms with E-state index < -0.39 is 0 Å². The fraction of sp³-hybridized carbons (Fsp3) is 0.200. The van der Waals surface area contributed by atoms with Gasteiger partial charge in [-0.05, 0) is 12.5 Å². The highest BCUT2D eigenvalue weighted by Crippen LogP contribution is 2.06. The van der Waals surface area contributed by atoms with Gasteiger partial charge < -0.3 is 4.52 Å². The van der Waals surface area contributed by atoms with Gasteiger partial charge in [0.05, 0.1) is 6.42 Å². The van der Waals surface area contributed by atoms with Crippen molar-refractivity contribution in [2.24, 2.45) is 0 Å². The standard InChI is InChI=1S/C10H10N2O/c1-8-11-10(13-12-8)7-9-5-3-2-4-6-9/h2-6H,7H2,1H3. The maximum absolute atomic E-state index is 5.01. The van der Waals surface area contributed by atoms with Crippen molar-refractivity contribution in [1.82, 2.24) is 10.1 Å². The number of aromatic nitrogens is 2. The number of rotatable bonds is 2. The summed E-state index contributed by atoms with van der Waals surface area (Å²) in [5.74, 6) is 1.36. The predicted octanol–water partition coefficient (Wildman–Crippen LogP) is 1.97. The molecule has 2 aromatic rings. The molecule has 0 aliphatic heterocycles. The van der Waals surface area contributed by atoms with Gasteiger partial charge in [0.15, 0.2) is 5.82 Å². The molecule has 0 radical (unpaired) electrons. The minimum Gasteiger partial charge on any atom is -0.339 e. The lowest BCUT2D eigenvalue weighted by Gasteiger charge is -1.93. The Hall–Kier alpha value is -1.64. The van der Waals surface area contributed by atoms with Crippen LogP contribution in [-0.2, 0) is 6.42 Å². The summed E-state index contributed by atoms with van der Waals surface area (Å²) in [6.07, 6.45) is 0.710. The van der Waals surface area contributed by atoms with Crippen molar-refractivity contribution in [1.29, 1.82) is 0 Å². The van der Waals surface area contributed by atoms with Crippen LogP contribution in [0.3, 0.4) is 0 Å². The van der Waals surface area contributed by atoms with Crippen molar-refractivity contribution in [2.45, 2.75) is 13.3 Å². The van der Waals surface area contributed by atoms with E-state index in [-0.39, 0.29) is 0 Å². The highest BCUT2D eigenvalue weighted by Gasteiger charge is 2.02. The van der Waals surface area contributed by atoms with Crippen LogP contribution in [0.4, 0.5) is 0 Å². The Bertz CT molecular complexity index is 381. The van der Waals surface area contributed by atoms with E-state index in [9.17, 15) is 0 Å². The molecule has 0 bridgehead atoms. The summed E-state index contributed by atoms with van der Waals surface area (Å²) in [4.78, 5) is 4.13. The molecule has 13 heavy (non-hydrogen) atoms. The zero-order valence-electron chi connectivity index (χ0n) is 7.40. The van der Waals surface area contributed by atoms with Gasteiger partial charge in [-0.2, -0.15) is 4.98 Å². The molecule has 3 nitrogen and oxygen atoms in total. The summed E-state index contributed by atoms with van der Waals surface area (Å²) in [7, 11) is 0. The Morgan fingerprint density at radius 3 is 2.62 bits per heavy atom. The summed E-state index contributed by atoms with van der Waals surface area (Å²) in [5.41, 5.74) is 1.19. The van der Waals surface area contributed by atoms with Crippen LogP contribution >= 0.6 is 0 Å². The molecule has 66 valence electrons. The Kier molecular flexibility index (Phi) is 2.08. The predicted molar refractivity (Wildman–Crippen MR) is 48.3 cm³/mol. The molecule has 0 amide bonds. The number of benzene rings is 1. The molecule has 0 spiro atoms. The van der Waals surface area contributed by atoms with E-state index in [0.29, 0.717) is 18.1 Å². The number of hydrogen-bond donors (Lipinski definition) is 0. The first-order valence-electron chi connectivity index (χ1n) is 4.18. The molecule has 2 rings (SSSR count). The van der Waals surface area contributed by atoms with Crippen LogP contribution < -0.4 is 0 Å². The van der Waals surface area contributed by atoms with Gasteiger partial charge in [0.1, 0.15) is 0 Å². The summed E-state index contributed by atoms with van der Waals surface area (Å²) in [6, 6.07) is 10.1. The SMILES string of the molecule is Cc1noc(Cc2ccccc2)n1. The number of nitrogens with zero attached hydrogens (tertiary/aromatic N) is 2. The maximum Gasteiger partial charge on any atom is 0.231 e. The molecule has 0 aliphatic carbocycles. The fourth-order valence-corrected chi connectivity index (χ4v) is 1.18. The van der Waals surface area contributed by atoms with Crippen molar-refractivity contribution in [3.8, 4) is 0 Å². The lowest BCUT2D eigenvalue weighted by Crippen LogP contribution is -1.87. The second-order valence-electron chi connectivity index (χ2n) is 2.90. The number of aryl methyl sites for hydroxylation is 1. The molecule has 0 unspecified atom stereocenters. The Balaban J connectivity index is 2.15. The summed E-state index contributed by atoms with van der Waals surface area (Å²) < 4.78 is 5.01. The molecule has 3 heteroatoms. The van der Waals surface area contributed by atoms with Gasteiger partial charge in [-0.3, -0.25) is 0 Å². The molecule has 0 fully saturated rings. The zero-order valence-corrected chi connectivity index (χ0v) is 7.40. The Morgan fingerprint density at radius 2 is 2.00 bits per heavy atom. The van der Waals surface area contributed by atoms with Gasteiger partial charge in [0, 0.05) is 0 Å². The van der Waals surface area contributed by atoms with E-state index in [4.69, 9.17) is 4.52 Å². The molecule has 1 aromatic carbocycles. The largest absolute Gasteiger partial charge is 0.339 e. The van der Waals surface area contributed by atoms with Gasteiger partial charge in [-0.1, -0.05) is 35.5 Å². The molecule has 1 aromatic heterocycles. The highest BCUT2D eigenvalue weighted by molar-refractivity contribution is 5.17. The molecule has 0 atom stereocenters. The lowest BCUT2D eigenvalue weighted by atomic mass is 10.1. The van der Waals surface area contributed by atoms with Crippen molar-refractivity contribution >= 4 is 0 Å². The summed E-state index contributed by atoms with van der Waals surface area (Å²) >= 11 is 0. The van der Waals surface area contributed by atoms with Crippen molar-refractivity contribution in [2.75, 3.05) is 0 Å². The van der Waals surface area contributed by atoms with E-state index in [1.807, 2.05) is 37.3 Å². The second kappa shape index (κ2) is 3.39. The summed E-state index contributed by atoms with van der Waals surface area (Å²) in [5, 5.41) is 3.73. The van der Waals surface area contributed by atoms with Crippen LogP contribution in [0.2, 0.25) is 0 Å². The van der Waals surface area contributed by atoms with Crippen LogP contribution in [0.15, 0.2) is 34.9 Å². The highest BCUT2D eigenvalue weighted by atomic mass is 16.5. The normalized spacial score (nSPS) is 10.2. The first-order valence-corrected chi connectivity index (χ1v) is 4.18. The van der Waals surface area contributed by atoms with Crippen molar-refractivity contribution in [3.63, 3.8) is 0 Å². The maximum atomic E-state index is 5.01. The smallest absolute Gasteiger partial charge is 0.231 e. The van der Waals surface area contributed by atoms with E-state index in [2.05, 4.69) is 10.1 Å². The van der Waals surface area contributed by atoms with E-state index in [0.717, 1.165) is 0 Å². The first kappa shape index (κ1) is 7.98. The molecule has 1 heterocycles. The molecule has 0 saturated heterocycles. The average molecular weight is 174 g/mol. The molecule has 0 aliphatic rings. The van der Waals surface area contributed by atoms with Crippen LogP contribution in [-0.4, -0.2) is 10.1 Å². The topological polar surface area (TPSA) is 38.9 Å². The summed E-state index contributed by atoms with van der Waals surface area (Å²) in [6.45, 7) is 1.82. The van der Waals surface area contributed by atoms with Crippen molar-refractivity contribution < 1.29 is 4.52 Å². The minimum atomic E-state index is 0.670. The lowest BCUT2D eigenvalue weighted by molar-refractivity contribution is 0.381. The Morgan fingerprint density at radius 1 is 1.23 bits per heavy atom. The van der Waals surface area contributed by atoms with Gasteiger partial charge >= 0.3 is 0 Å². The monoisotopic (exact) mass is 174 g/mol. The van der Waals surface area contributed by atoms with Gasteiger partial charge in [0.2, 0.25) is 5.89 Å². The van der Waals surface area contributed by atoms with Crippen LogP contribution in [0.1, 0.15) is 17.3 Å². The zero-order chi connectivity index (χ0) is 9.10. The third-order valence-electron chi connectivity index (χ3n) is 1.77. The molecular formula is C10H10N2O. The van der Waals surface area contributed by atoms with E-state index in [1.54, 1.807) is 0 Å². The molecular weight excluding hydrogens is 164 g/mol. The fourth-order valence-electron chi connectivity index (χ4n) is 1.18. The average Bonchev–Trinajstić information content (AvgIpc) is 2.53. The van der Waals surface area contributed by atoms with Crippen LogP contribution in [0.25, 0.3) is 0 Å². The number of hydrogen-bond acceptors (Lipinski definition) is 3. The van der Waals surface area contributed by atoms with Crippen molar-refractivity contribution in [3.05, 3.63) is 47.6 Å². The Labute approximate surface area is 76.4 Å². The third kappa shape index (κ3) is 1.93. The second-order valence-corrected chi connectivity index (χ2v) is 2.90. The first-order chi connectivity index (χ1) is 6.34. The van der Waals surface area contributed by atoms with Gasteiger partial charge in [0.25, 0.3) is 0 Å². The van der Waals surface area contributed by atoms with Crippen LogP contribution in [0, 0.1) is 6.92 Å².